The SMILES string of the molecule is C=C/C=c1/ccc(-c2cc(F)ccc2C)c/c1=C/N=Cc1ccc(CC)cc1. The molecule has 3 aromatic carbocycles. The average molecular weight is 369 g/mol. The summed E-state index contributed by atoms with van der Waals surface area (Å²) in [6.45, 7) is 7.92. The van der Waals surface area contributed by atoms with Crippen molar-refractivity contribution in [3.05, 3.63) is 106 Å². The Bertz CT molecular complexity index is 1120. The third-order valence-electron chi connectivity index (χ3n) is 4.72. The fourth-order valence-electron chi connectivity index (χ4n) is 3.08. The molecular formula is C26H24FN. The van der Waals surface area contributed by atoms with E-state index in [2.05, 4.69) is 42.8 Å². The van der Waals surface area contributed by atoms with Crippen LogP contribution in [0.2, 0.25) is 0 Å². The van der Waals surface area contributed by atoms with E-state index in [1.807, 2.05) is 43.6 Å². The number of halogens is 1. The van der Waals surface area contributed by atoms with Crippen molar-refractivity contribution in [2.45, 2.75) is 20.3 Å². The van der Waals surface area contributed by atoms with Crippen LogP contribution in [0.1, 0.15) is 23.6 Å². The first kappa shape index (κ1) is 19.5. The Balaban J connectivity index is 2.03. The molecule has 0 atom stereocenters. The Morgan fingerprint density at radius 2 is 1.75 bits per heavy atom. The monoisotopic (exact) mass is 369 g/mol. The second-order valence-corrected chi connectivity index (χ2v) is 6.71. The molecule has 0 N–H and O–H groups in total. The van der Waals surface area contributed by atoms with E-state index in [1.165, 1.54) is 11.6 Å². The normalized spacial score (nSPS) is 12.7. The minimum atomic E-state index is -0.235. The van der Waals surface area contributed by atoms with Crippen LogP contribution in [0.3, 0.4) is 0 Å². The summed E-state index contributed by atoms with van der Waals surface area (Å²) in [4.78, 5) is 4.51. The van der Waals surface area contributed by atoms with Crippen LogP contribution in [0.15, 0.2) is 78.3 Å². The van der Waals surface area contributed by atoms with Crippen molar-refractivity contribution >= 4 is 18.5 Å². The highest BCUT2D eigenvalue weighted by Gasteiger charge is 2.03. The van der Waals surface area contributed by atoms with Crippen LogP contribution in [0.25, 0.3) is 23.4 Å². The van der Waals surface area contributed by atoms with E-state index >= 15 is 0 Å². The number of aliphatic imine (C=N–C) groups is 1. The van der Waals surface area contributed by atoms with Gasteiger partial charge in [-0.15, -0.1) is 0 Å². The molecule has 0 saturated carbocycles. The van der Waals surface area contributed by atoms with Gasteiger partial charge in [-0.3, -0.25) is 4.99 Å². The van der Waals surface area contributed by atoms with Crippen molar-refractivity contribution < 1.29 is 4.39 Å². The summed E-state index contributed by atoms with van der Waals surface area (Å²) in [6.07, 6.45) is 8.40. The van der Waals surface area contributed by atoms with E-state index in [1.54, 1.807) is 18.2 Å². The highest BCUT2D eigenvalue weighted by Crippen LogP contribution is 2.22. The first-order valence-electron chi connectivity index (χ1n) is 9.42. The molecule has 0 spiro atoms. The molecule has 28 heavy (non-hydrogen) atoms. The number of nitrogens with zero attached hydrogens (tertiary/aromatic N) is 1. The molecule has 0 saturated heterocycles. The van der Waals surface area contributed by atoms with Crippen LogP contribution in [-0.4, -0.2) is 6.21 Å². The van der Waals surface area contributed by atoms with Crippen molar-refractivity contribution in [2.75, 3.05) is 0 Å². The van der Waals surface area contributed by atoms with E-state index in [-0.39, 0.29) is 5.82 Å². The summed E-state index contributed by atoms with van der Waals surface area (Å²) in [5.74, 6) is -0.235. The van der Waals surface area contributed by atoms with E-state index in [9.17, 15) is 4.39 Å². The smallest absolute Gasteiger partial charge is 0.123 e. The summed E-state index contributed by atoms with van der Waals surface area (Å²) in [5, 5.41) is 1.98. The molecule has 0 radical (unpaired) electrons. The molecule has 0 aromatic heterocycles. The van der Waals surface area contributed by atoms with Crippen molar-refractivity contribution in [1.29, 1.82) is 0 Å². The summed E-state index contributed by atoms with van der Waals surface area (Å²) in [7, 11) is 0. The molecule has 140 valence electrons. The Kier molecular flexibility index (Phi) is 6.33. The molecule has 0 bridgehead atoms. The molecule has 3 rings (SSSR count). The van der Waals surface area contributed by atoms with Gasteiger partial charge in [0, 0.05) is 17.6 Å². The summed E-state index contributed by atoms with van der Waals surface area (Å²) in [5.41, 5.74) is 5.25. The molecule has 0 unspecified atom stereocenters. The number of aryl methyl sites for hydroxylation is 2. The van der Waals surface area contributed by atoms with E-state index in [4.69, 9.17) is 0 Å². The van der Waals surface area contributed by atoms with Crippen LogP contribution in [0, 0.1) is 12.7 Å². The number of rotatable bonds is 5. The zero-order valence-electron chi connectivity index (χ0n) is 16.3. The Morgan fingerprint density at radius 3 is 2.46 bits per heavy atom. The van der Waals surface area contributed by atoms with Gasteiger partial charge < -0.3 is 0 Å². The van der Waals surface area contributed by atoms with Gasteiger partial charge in [-0.1, -0.05) is 68.1 Å². The summed E-state index contributed by atoms with van der Waals surface area (Å²) < 4.78 is 13.7. The van der Waals surface area contributed by atoms with Gasteiger partial charge in [0.05, 0.1) is 0 Å². The van der Waals surface area contributed by atoms with Crippen molar-refractivity contribution in [3.8, 4) is 11.1 Å². The van der Waals surface area contributed by atoms with Crippen molar-refractivity contribution in [3.63, 3.8) is 0 Å². The van der Waals surface area contributed by atoms with Crippen LogP contribution in [-0.2, 0) is 6.42 Å². The predicted octanol–water partition coefficient (Wildman–Crippen LogP) is 5.19. The number of hydrogen-bond donors (Lipinski definition) is 0. The van der Waals surface area contributed by atoms with Gasteiger partial charge in [-0.05, 0) is 64.6 Å². The first-order valence-corrected chi connectivity index (χ1v) is 9.42. The molecule has 0 heterocycles. The predicted molar refractivity (Wildman–Crippen MR) is 118 cm³/mol. The first-order chi connectivity index (χ1) is 13.6. The quantitative estimate of drug-likeness (QED) is 0.549. The van der Waals surface area contributed by atoms with Gasteiger partial charge in [-0.25, -0.2) is 4.39 Å². The lowest BCUT2D eigenvalue weighted by atomic mass is 9.99. The zero-order valence-corrected chi connectivity index (χ0v) is 16.3. The standard InChI is InChI=1S/C26H24FN/c1-4-6-22-12-13-23(26-16-25(27)14-7-19(26)3)15-24(22)18-28-17-21-10-8-20(5-2)9-11-21/h4,6-18H,1,5H2,2-3H3/b22-6-,24-18-,28-17?. The largest absolute Gasteiger partial charge is 0.263 e. The molecule has 2 heteroatoms. The molecule has 1 nitrogen and oxygen atoms in total. The highest BCUT2D eigenvalue weighted by molar-refractivity contribution is 5.81. The maximum atomic E-state index is 13.7. The third kappa shape index (κ3) is 4.72. The topological polar surface area (TPSA) is 12.4 Å². The van der Waals surface area contributed by atoms with Gasteiger partial charge in [0.1, 0.15) is 5.82 Å². The molecule has 0 fully saturated rings. The van der Waals surface area contributed by atoms with Crippen LogP contribution in [0.4, 0.5) is 4.39 Å². The Labute approximate surface area is 165 Å². The lowest BCUT2D eigenvalue weighted by Crippen LogP contribution is -2.23. The van der Waals surface area contributed by atoms with Crippen molar-refractivity contribution in [1.82, 2.24) is 0 Å². The Morgan fingerprint density at radius 1 is 0.964 bits per heavy atom. The minimum Gasteiger partial charge on any atom is -0.263 e. The lowest BCUT2D eigenvalue weighted by molar-refractivity contribution is 0.628. The third-order valence-corrected chi connectivity index (χ3v) is 4.72. The van der Waals surface area contributed by atoms with Crippen LogP contribution >= 0.6 is 0 Å². The number of allylic oxidation sites excluding steroid dienone is 1. The second kappa shape index (κ2) is 9.09. The zero-order chi connectivity index (χ0) is 19.9. The number of benzene rings is 3. The summed E-state index contributed by atoms with van der Waals surface area (Å²) >= 11 is 0. The fourth-order valence-corrected chi connectivity index (χ4v) is 3.08. The fraction of sp³-hybridized carbons (Fsp3) is 0.115. The van der Waals surface area contributed by atoms with E-state index in [0.29, 0.717) is 0 Å². The van der Waals surface area contributed by atoms with Gasteiger partial charge in [-0.2, -0.15) is 0 Å². The minimum absolute atomic E-state index is 0.235. The molecular weight excluding hydrogens is 345 g/mol. The average Bonchev–Trinajstić information content (AvgIpc) is 2.71. The Hall–Kier alpha value is -3.26. The van der Waals surface area contributed by atoms with Gasteiger partial charge >= 0.3 is 0 Å². The molecule has 3 aromatic rings. The molecule has 0 amide bonds. The maximum Gasteiger partial charge on any atom is 0.123 e. The highest BCUT2D eigenvalue weighted by atomic mass is 19.1. The lowest BCUT2D eigenvalue weighted by Gasteiger charge is -2.06. The van der Waals surface area contributed by atoms with Gasteiger partial charge in [0.25, 0.3) is 0 Å². The molecule has 0 aliphatic rings. The van der Waals surface area contributed by atoms with Gasteiger partial charge in [0.15, 0.2) is 0 Å². The van der Waals surface area contributed by atoms with Crippen molar-refractivity contribution in [2.24, 2.45) is 4.99 Å². The molecule has 0 aliphatic heterocycles. The number of hydrogen-bond acceptors (Lipinski definition) is 1. The molecule has 0 aliphatic carbocycles. The van der Waals surface area contributed by atoms with Crippen LogP contribution in [0.5, 0.6) is 0 Å². The van der Waals surface area contributed by atoms with E-state index in [0.717, 1.165) is 39.1 Å². The maximum absolute atomic E-state index is 13.7. The second-order valence-electron chi connectivity index (χ2n) is 6.71. The summed E-state index contributed by atoms with van der Waals surface area (Å²) in [6, 6.07) is 19.3. The van der Waals surface area contributed by atoms with Gasteiger partial charge in [0.2, 0.25) is 0 Å². The van der Waals surface area contributed by atoms with Crippen LogP contribution < -0.4 is 10.4 Å². The van der Waals surface area contributed by atoms with E-state index < -0.39 is 0 Å².